The number of nitrogens with zero attached hydrogens (tertiary/aromatic N) is 3. The maximum absolute atomic E-state index is 10.4. The lowest BCUT2D eigenvalue weighted by Crippen LogP contribution is -2.29. The third kappa shape index (κ3) is 5.91. The van der Waals surface area contributed by atoms with E-state index in [1.807, 2.05) is 0 Å². The summed E-state index contributed by atoms with van der Waals surface area (Å²) < 4.78 is 0. The first-order chi connectivity index (χ1) is 8.06. The van der Waals surface area contributed by atoms with Crippen LogP contribution < -0.4 is 5.32 Å². The summed E-state index contributed by atoms with van der Waals surface area (Å²) in [5.74, 6) is -0.720. The molecule has 1 aliphatic rings. The van der Waals surface area contributed by atoms with Crippen molar-refractivity contribution in [1.82, 2.24) is 10.3 Å². The smallest absolute Gasteiger partial charge is 0.320 e. The summed E-state index contributed by atoms with van der Waals surface area (Å²) in [5.41, 5.74) is 0. The summed E-state index contributed by atoms with van der Waals surface area (Å²) in [7, 11) is 0. The first-order valence-electron chi connectivity index (χ1n) is 5.60. The van der Waals surface area contributed by atoms with E-state index in [1.165, 1.54) is 5.01 Å². The molecule has 8 nitrogen and oxygen atoms in total. The van der Waals surface area contributed by atoms with E-state index >= 15 is 0 Å². The Morgan fingerprint density at radius 3 is 2.35 bits per heavy atom. The van der Waals surface area contributed by atoms with Gasteiger partial charge in [-0.2, -0.15) is 0 Å². The highest BCUT2D eigenvalue weighted by Gasteiger charge is 2.20. The Labute approximate surface area is 100 Å². The van der Waals surface area contributed by atoms with Crippen LogP contribution in [0.4, 0.5) is 0 Å². The molecule has 100 valence electrons. The van der Waals surface area contributed by atoms with Gasteiger partial charge in [-0.1, -0.05) is 0 Å². The predicted octanol–water partition coefficient (Wildman–Crippen LogP) is 0.418. The number of rotatable bonds is 4. The predicted molar refractivity (Wildman–Crippen MR) is 59.4 cm³/mol. The molecule has 1 fully saturated rings. The minimum Gasteiger partial charge on any atom is -0.569 e. The quantitative estimate of drug-likeness (QED) is 0.377. The second-order valence-corrected chi connectivity index (χ2v) is 3.47. The highest BCUT2D eigenvalue weighted by Crippen LogP contribution is 2.03. The van der Waals surface area contributed by atoms with E-state index in [1.54, 1.807) is 13.8 Å². The summed E-state index contributed by atoms with van der Waals surface area (Å²) >= 11 is 0. The Balaban J connectivity index is 0.000000302. The molecule has 0 spiro atoms. The number of carbonyl (C=O) groups is 1. The molecule has 1 saturated heterocycles. The van der Waals surface area contributed by atoms with Crippen LogP contribution in [0.25, 0.3) is 0 Å². The molecule has 0 aliphatic carbocycles. The molecule has 0 bridgehead atoms. The Morgan fingerprint density at radius 1 is 1.59 bits per heavy atom. The first-order valence-corrected chi connectivity index (χ1v) is 5.60. The van der Waals surface area contributed by atoms with Crippen LogP contribution in [0.2, 0.25) is 0 Å². The zero-order chi connectivity index (χ0) is 13.3. The second-order valence-electron chi connectivity index (χ2n) is 3.47. The molecule has 0 aromatic heterocycles. The minimum absolute atomic E-state index is 0.167. The molecule has 0 aromatic carbocycles. The Kier molecular flexibility index (Phi) is 7.78. The Hall–Kier alpha value is -1.57. The van der Waals surface area contributed by atoms with Gasteiger partial charge in [0, 0.05) is 0 Å². The summed E-state index contributed by atoms with van der Waals surface area (Å²) in [6, 6.07) is -0.269. The zero-order valence-electron chi connectivity index (χ0n) is 10.2. The van der Waals surface area contributed by atoms with Crippen LogP contribution in [0.15, 0.2) is 5.28 Å². The molecule has 1 unspecified atom stereocenters. The van der Waals surface area contributed by atoms with Crippen molar-refractivity contribution in [3.8, 4) is 0 Å². The normalized spacial score (nSPS) is 19.4. The van der Waals surface area contributed by atoms with Crippen LogP contribution in [-0.4, -0.2) is 51.9 Å². The number of carboxylic acids is 1. The highest BCUT2D eigenvalue weighted by molar-refractivity contribution is 5.73. The van der Waals surface area contributed by atoms with Crippen molar-refractivity contribution < 1.29 is 20.1 Å². The molecule has 1 atom stereocenters. The van der Waals surface area contributed by atoms with Gasteiger partial charge in [-0.3, -0.25) is 4.79 Å². The molecule has 0 saturated carbocycles. The van der Waals surface area contributed by atoms with Crippen molar-refractivity contribution in [2.45, 2.75) is 32.7 Å². The molecule has 1 aliphatic heterocycles. The molecule has 0 radical (unpaired) electrons. The van der Waals surface area contributed by atoms with Gasteiger partial charge in [-0.15, -0.1) is 5.01 Å². The average Bonchev–Trinajstić information content (AvgIpc) is 2.85. The van der Waals surface area contributed by atoms with Crippen molar-refractivity contribution in [3.63, 3.8) is 0 Å². The lowest BCUT2D eigenvalue weighted by atomic mass is 10.2. The van der Waals surface area contributed by atoms with Crippen molar-refractivity contribution >= 4 is 5.97 Å². The number of carboxylic acid groups (broad SMARTS) is 1. The number of nitrogens with one attached hydrogen (secondary N) is 1. The van der Waals surface area contributed by atoms with Crippen molar-refractivity contribution in [2.75, 3.05) is 19.6 Å². The summed E-state index contributed by atoms with van der Waals surface area (Å²) in [6.07, 6.45) is 1.78. The SMILES string of the molecule is CCN(CC)/[N+]([O-])=N/O.O=C(O)C1CCCN1. The maximum Gasteiger partial charge on any atom is 0.320 e. The van der Waals surface area contributed by atoms with E-state index in [-0.39, 0.29) is 11.0 Å². The summed E-state index contributed by atoms with van der Waals surface area (Å²) in [5, 5.41) is 33.3. The first kappa shape index (κ1) is 15.4. The van der Waals surface area contributed by atoms with Gasteiger partial charge < -0.3 is 20.8 Å². The zero-order valence-corrected chi connectivity index (χ0v) is 10.2. The van der Waals surface area contributed by atoms with Gasteiger partial charge in [0.2, 0.25) is 5.28 Å². The van der Waals surface area contributed by atoms with Gasteiger partial charge >= 0.3 is 5.97 Å². The van der Waals surface area contributed by atoms with Gasteiger partial charge in [0.1, 0.15) is 6.04 Å². The average molecular weight is 248 g/mol. The van der Waals surface area contributed by atoms with Crippen molar-refractivity contribution in [1.29, 1.82) is 0 Å². The maximum atomic E-state index is 10.4. The summed E-state index contributed by atoms with van der Waals surface area (Å²) in [4.78, 5) is 10.3. The van der Waals surface area contributed by atoms with Crippen LogP contribution in [0.1, 0.15) is 26.7 Å². The van der Waals surface area contributed by atoms with Crippen LogP contribution in [0.5, 0.6) is 0 Å². The van der Waals surface area contributed by atoms with Crippen molar-refractivity contribution in [2.24, 2.45) is 5.28 Å². The second kappa shape index (κ2) is 8.57. The molecule has 8 heteroatoms. The third-order valence-corrected chi connectivity index (χ3v) is 2.41. The van der Waals surface area contributed by atoms with Crippen LogP contribution in [0, 0.1) is 5.21 Å². The largest absolute Gasteiger partial charge is 0.569 e. The number of aliphatic carboxylic acids is 1. The van der Waals surface area contributed by atoms with E-state index in [0.717, 1.165) is 19.4 Å². The number of hydrogen-bond donors (Lipinski definition) is 3. The topological polar surface area (TPSA) is 111 Å². The van der Waals surface area contributed by atoms with E-state index in [4.69, 9.17) is 10.3 Å². The molecule has 0 aromatic rings. The van der Waals surface area contributed by atoms with Gasteiger partial charge in [-0.25, -0.2) is 0 Å². The Bertz CT molecular complexity index is 249. The molecule has 0 amide bonds. The van der Waals surface area contributed by atoms with Crippen molar-refractivity contribution in [3.05, 3.63) is 5.21 Å². The molecular formula is C9H20N4O4. The fourth-order valence-corrected chi connectivity index (χ4v) is 1.42. The van der Waals surface area contributed by atoms with E-state index < -0.39 is 5.97 Å². The van der Waals surface area contributed by atoms with E-state index in [0.29, 0.717) is 13.1 Å². The highest BCUT2D eigenvalue weighted by atomic mass is 16.6. The van der Waals surface area contributed by atoms with Crippen LogP contribution >= 0.6 is 0 Å². The number of hydrogen-bond acceptors (Lipinski definition) is 4. The minimum atomic E-state index is -0.720. The lowest BCUT2D eigenvalue weighted by Gasteiger charge is -2.11. The van der Waals surface area contributed by atoms with Crippen LogP contribution in [-0.2, 0) is 4.79 Å². The van der Waals surface area contributed by atoms with Crippen LogP contribution in [0.3, 0.4) is 0 Å². The monoisotopic (exact) mass is 248 g/mol. The molecule has 3 N–H and O–H groups in total. The van der Waals surface area contributed by atoms with Gasteiger partial charge in [0.25, 0.3) is 0 Å². The third-order valence-electron chi connectivity index (χ3n) is 2.41. The van der Waals surface area contributed by atoms with Gasteiger partial charge in [0.15, 0.2) is 0 Å². The Morgan fingerprint density at radius 2 is 2.18 bits per heavy atom. The van der Waals surface area contributed by atoms with E-state index in [2.05, 4.69) is 10.6 Å². The number of hydrazine groups is 1. The van der Waals surface area contributed by atoms with E-state index in [9.17, 15) is 10.0 Å². The fourth-order valence-electron chi connectivity index (χ4n) is 1.42. The van der Waals surface area contributed by atoms with Gasteiger partial charge in [-0.05, 0) is 33.2 Å². The fraction of sp³-hybridized carbons (Fsp3) is 0.889. The molecule has 1 rings (SSSR count). The molecule has 17 heavy (non-hydrogen) atoms. The molecular weight excluding hydrogens is 228 g/mol. The van der Waals surface area contributed by atoms with Gasteiger partial charge in [0.05, 0.1) is 18.1 Å². The standard InChI is InChI=1S/C5H9NO2.C4H11N3O2/c7-5(8)4-2-1-3-6-4;1-3-6(4-2)7(9)5-8/h4,6H,1-3H2,(H,7,8);8H,3-4H2,1-2H3/b;7-5-. The lowest BCUT2D eigenvalue weighted by molar-refractivity contribution is -0.708. The molecule has 1 heterocycles. The summed E-state index contributed by atoms with van der Waals surface area (Å²) in [6.45, 7) is 5.56.